The molecule has 4 aliphatic rings. The SMILES string of the molecule is CC1=CCC2C(CCC2(C)O)C(C)(C)C1CCC1C(C)(O)CCC2OC(C)(C)C(O)CCC21C. The van der Waals surface area contributed by atoms with Gasteiger partial charge in [0, 0.05) is 0 Å². The molecular formula is C30H52O4. The van der Waals surface area contributed by atoms with Crippen LogP contribution in [0.5, 0.6) is 0 Å². The van der Waals surface area contributed by atoms with E-state index in [0.29, 0.717) is 17.8 Å². The van der Waals surface area contributed by atoms with Crippen LogP contribution in [0.2, 0.25) is 0 Å². The Morgan fingerprint density at radius 1 is 0.853 bits per heavy atom. The monoisotopic (exact) mass is 476 g/mol. The maximum Gasteiger partial charge on any atom is 0.0888 e. The third kappa shape index (κ3) is 4.33. The summed E-state index contributed by atoms with van der Waals surface area (Å²) in [7, 11) is 0. The first-order valence-corrected chi connectivity index (χ1v) is 14.0. The van der Waals surface area contributed by atoms with Gasteiger partial charge < -0.3 is 20.1 Å². The van der Waals surface area contributed by atoms with Crippen LogP contribution in [0.25, 0.3) is 0 Å². The first kappa shape index (κ1) is 26.6. The first-order chi connectivity index (χ1) is 15.5. The largest absolute Gasteiger partial charge is 0.390 e. The van der Waals surface area contributed by atoms with Gasteiger partial charge in [0.2, 0.25) is 0 Å². The van der Waals surface area contributed by atoms with Crippen molar-refractivity contribution in [3.63, 3.8) is 0 Å². The Morgan fingerprint density at radius 2 is 1.50 bits per heavy atom. The van der Waals surface area contributed by atoms with Crippen molar-refractivity contribution in [1.82, 2.24) is 0 Å². The van der Waals surface area contributed by atoms with Gasteiger partial charge in [-0.2, -0.15) is 0 Å². The van der Waals surface area contributed by atoms with Crippen molar-refractivity contribution in [2.45, 2.75) is 142 Å². The van der Waals surface area contributed by atoms with E-state index < -0.39 is 22.9 Å². The van der Waals surface area contributed by atoms with E-state index in [-0.39, 0.29) is 22.9 Å². The summed E-state index contributed by atoms with van der Waals surface area (Å²) >= 11 is 0. The van der Waals surface area contributed by atoms with Gasteiger partial charge in [0.05, 0.1) is 29.0 Å². The van der Waals surface area contributed by atoms with Gasteiger partial charge >= 0.3 is 0 Å². The molecule has 3 N–H and O–H groups in total. The molecule has 1 heterocycles. The number of hydrogen-bond acceptors (Lipinski definition) is 4. The van der Waals surface area contributed by atoms with Crippen molar-refractivity contribution in [1.29, 1.82) is 0 Å². The lowest BCUT2D eigenvalue weighted by atomic mass is 9.55. The topological polar surface area (TPSA) is 69.9 Å². The summed E-state index contributed by atoms with van der Waals surface area (Å²) in [5.41, 5.74) is -0.412. The lowest BCUT2D eigenvalue weighted by Crippen LogP contribution is -2.56. The fraction of sp³-hybridized carbons (Fsp3) is 0.933. The van der Waals surface area contributed by atoms with E-state index in [2.05, 4.69) is 33.8 Å². The molecule has 0 amide bonds. The Balaban J connectivity index is 1.59. The van der Waals surface area contributed by atoms with Gasteiger partial charge in [-0.3, -0.25) is 0 Å². The molecule has 2 saturated carbocycles. The number of rotatable bonds is 3. The Kier molecular flexibility index (Phi) is 6.71. The Bertz CT molecular complexity index is 794. The average Bonchev–Trinajstić information content (AvgIpc) is 2.93. The highest BCUT2D eigenvalue weighted by Crippen LogP contribution is 2.59. The second-order valence-electron chi connectivity index (χ2n) is 14.5. The van der Waals surface area contributed by atoms with Gasteiger partial charge in [-0.25, -0.2) is 0 Å². The maximum absolute atomic E-state index is 11.7. The molecule has 0 aromatic carbocycles. The van der Waals surface area contributed by atoms with Crippen molar-refractivity contribution in [2.24, 2.45) is 34.5 Å². The molecule has 0 radical (unpaired) electrons. The smallest absolute Gasteiger partial charge is 0.0888 e. The third-order valence-electron chi connectivity index (χ3n) is 11.5. The van der Waals surface area contributed by atoms with Gasteiger partial charge in [0.15, 0.2) is 0 Å². The van der Waals surface area contributed by atoms with Crippen LogP contribution >= 0.6 is 0 Å². The molecule has 9 unspecified atom stereocenters. The van der Waals surface area contributed by atoms with E-state index in [4.69, 9.17) is 4.74 Å². The second-order valence-corrected chi connectivity index (χ2v) is 14.5. The van der Waals surface area contributed by atoms with Crippen LogP contribution < -0.4 is 0 Å². The Hall–Kier alpha value is -0.420. The summed E-state index contributed by atoms with van der Waals surface area (Å²) in [6.45, 7) is 17.6. The van der Waals surface area contributed by atoms with E-state index in [1.165, 1.54) is 5.57 Å². The molecule has 0 aromatic rings. The fourth-order valence-electron chi connectivity index (χ4n) is 9.08. The highest BCUT2D eigenvalue weighted by atomic mass is 16.5. The molecule has 3 fully saturated rings. The van der Waals surface area contributed by atoms with Crippen LogP contribution in [0.15, 0.2) is 11.6 Å². The average molecular weight is 477 g/mol. The quantitative estimate of drug-likeness (QED) is 0.436. The molecule has 3 aliphatic carbocycles. The van der Waals surface area contributed by atoms with Crippen LogP contribution in [0.3, 0.4) is 0 Å². The number of aliphatic hydroxyl groups is 3. The second kappa shape index (κ2) is 8.57. The van der Waals surface area contributed by atoms with Gasteiger partial charge in [0.1, 0.15) is 0 Å². The molecule has 196 valence electrons. The summed E-state index contributed by atoms with van der Waals surface area (Å²) < 4.78 is 6.59. The van der Waals surface area contributed by atoms with Crippen LogP contribution in [0, 0.1) is 34.5 Å². The summed E-state index contributed by atoms with van der Waals surface area (Å²) in [4.78, 5) is 0. The molecule has 9 atom stereocenters. The lowest BCUT2D eigenvalue weighted by molar-refractivity contribution is -0.206. The van der Waals surface area contributed by atoms with Crippen molar-refractivity contribution in [3.05, 3.63) is 11.6 Å². The zero-order chi connectivity index (χ0) is 25.3. The standard InChI is InChI=1S/C30H52O4/c1-19-9-10-22-21(13-17-29(22,7)32)26(2,3)20(19)11-12-23-28(6)16-14-24(31)27(4,5)34-25(28)15-18-30(23,8)33/h9,20-25,31-33H,10-18H2,1-8H3. The number of ether oxygens (including phenoxy) is 1. The van der Waals surface area contributed by atoms with Gasteiger partial charge in [-0.05, 0) is 127 Å². The minimum atomic E-state index is -0.722. The van der Waals surface area contributed by atoms with E-state index >= 15 is 0 Å². The molecule has 4 heteroatoms. The molecule has 4 rings (SSSR count). The summed E-state index contributed by atoms with van der Waals surface area (Å²) in [5, 5.41) is 33.5. The fourth-order valence-corrected chi connectivity index (χ4v) is 9.08. The zero-order valence-corrected chi connectivity index (χ0v) is 23.2. The molecule has 0 spiro atoms. The van der Waals surface area contributed by atoms with Crippen molar-refractivity contribution >= 4 is 0 Å². The highest BCUT2D eigenvalue weighted by Gasteiger charge is 2.57. The third-order valence-corrected chi connectivity index (χ3v) is 11.5. The normalized spacial score (nSPS) is 50.5. The van der Waals surface area contributed by atoms with Crippen LogP contribution in [-0.4, -0.2) is 44.3 Å². The zero-order valence-electron chi connectivity index (χ0n) is 23.2. The Morgan fingerprint density at radius 3 is 2.18 bits per heavy atom. The Labute approximate surface area is 208 Å². The van der Waals surface area contributed by atoms with E-state index in [1.54, 1.807) is 0 Å². The molecule has 4 nitrogen and oxygen atoms in total. The molecule has 0 bridgehead atoms. The molecule has 34 heavy (non-hydrogen) atoms. The molecule has 1 aliphatic heterocycles. The van der Waals surface area contributed by atoms with Gasteiger partial charge in [0.25, 0.3) is 0 Å². The number of aliphatic hydroxyl groups excluding tert-OH is 1. The van der Waals surface area contributed by atoms with Crippen molar-refractivity contribution in [3.8, 4) is 0 Å². The minimum Gasteiger partial charge on any atom is -0.390 e. The molecule has 0 aromatic heterocycles. The summed E-state index contributed by atoms with van der Waals surface area (Å²) in [6.07, 6.45) is 10.2. The van der Waals surface area contributed by atoms with Gasteiger partial charge in [-0.1, -0.05) is 32.4 Å². The number of fused-ring (bicyclic) bond motifs is 2. The lowest BCUT2D eigenvalue weighted by Gasteiger charge is -2.54. The van der Waals surface area contributed by atoms with Crippen LogP contribution in [-0.2, 0) is 4.74 Å². The van der Waals surface area contributed by atoms with Crippen molar-refractivity contribution < 1.29 is 20.1 Å². The van der Waals surface area contributed by atoms with Crippen LogP contribution in [0.1, 0.15) is 113 Å². The molecule has 1 saturated heterocycles. The number of allylic oxidation sites excluding steroid dienone is 2. The first-order valence-electron chi connectivity index (χ1n) is 14.0. The van der Waals surface area contributed by atoms with E-state index in [1.807, 2.05) is 27.7 Å². The maximum atomic E-state index is 11.7. The summed E-state index contributed by atoms with van der Waals surface area (Å²) in [5.74, 6) is 1.44. The summed E-state index contributed by atoms with van der Waals surface area (Å²) in [6, 6.07) is 0. The van der Waals surface area contributed by atoms with E-state index in [9.17, 15) is 15.3 Å². The predicted molar refractivity (Wildman–Crippen MR) is 137 cm³/mol. The van der Waals surface area contributed by atoms with Gasteiger partial charge in [-0.15, -0.1) is 0 Å². The van der Waals surface area contributed by atoms with Crippen molar-refractivity contribution in [2.75, 3.05) is 0 Å². The highest BCUT2D eigenvalue weighted by molar-refractivity contribution is 5.17. The minimum absolute atomic E-state index is 0.0676. The number of hydrogen-bond donors (Lipinski definition) is 3. The predicted octanol–water partition coefficient (Wildman–Crippen LogP) is 6.02. The van der Waals surface area contributed by atoms with Crippen LogP contribution in [0.4, 0.5) is 0 Å². The molecular weight excluding hydrogens is 424 g/mol. The van der Waals surface area contributed by atoms with E-state index in [0.717, 1.165) is 57.8 Å².